The minimum atomic E-state index is -1.16. The Balaban J connectivity index is 1.70. The van der Waals surface area contributed by atoms with Crippen molar-refractivity contribution < 1.29 is 37.4 Å². The predicted octanol–water partition coefficient (Wildman–Crippen LogP) is 5.40. The molecular weight excluding hydrogens is 616 g/mol. The number of nitrogens with one attached hydrogen (secondary N) is 3. The van der Waals surface area contributed by atoms with Crippen LogP contribution in [0.2, 0.25) is 0 Å². The molecule has 0 saturated heterocycles. The molecule has 3 atom stereocenters. The Hall–Kier alpha value is -3.55. The number of amides is 2. The molecule has 0 spiro atoms. The molecule has 0 saturated carbocycles. The molecule has 0 fully saturated rings. The van der Waals surface area contributed by atoms with Gasteiger partial charge in [-0.25, -0.2) is 18.5 Å². The third-order valence-electron chi connectivity index (χ3n) is 6.99. The van der Waals surface area contributed by atoms with E-state index in [1.807, 2.05) is 43.3 Å². The predicted molar refractivity (Wildman–Crippen MR) is 173 cm³/mol. The third kappa shape index (κ3) is 13.8. The summed E-state index contributed by atoms with van der Waals surface area (Å²) in [4.78, 5) is 31.3. The molecule has 4 N–H and O–H groups in total. The topological polar surface area (TPSA) is 118 Å². The van der Waals surface area contributed by atoms with Gasteiger partial charge in [-0.3, -0.25) is 4.79 Å². The van der Waals surface area contributed by atoms with Crippen molar-refractivity contribution in [1.82, 2.24) is 16.0 Å². The lowest BCUT2D eigenvalue weighted by Gasteiger charge is -2.27. The van der Waals surface area contributed by atoms with Crippen LogP contribution in [0.5, 0.6) is 0 Å². The van der Waals surface area contributed by atoms with Gasteiger partial charge in [0.2, 0.25) is 5.91 Å². The maximum Gasteiger partial charge on any atom is 0.408 e. The van der Waals surface area contributed by atoms with Crippen LogP contribution >= 0.6 is 12.0 Å². The Morgan fingerprint density at radius 3 is 2.33 bits per heavy atom. The lowest BCUT2D eigenvalue weighted by Crippen LogP contribution is -2.55. The molecule has 0 aliphatic carbocycles. The van der Waals surface area contributed by atoms with Gasteiger partial charge in [-0.15, -0.1) is 0 Å². The van der Waals surface area contributed by atoms with Crippen molar-refractivity contribution >= 4 is 24.0 Å². The molecule has 0 aliphatic rings. The van der Waals surface area contributed by atoms with E-state index in [2.05, 4.69) is 28.9 Å². The molecule has 0 aromatic heterocycles. The highest BCUT2D eigenvalue weighted by Crippen LogP contribution is 2.14. The number of hydrogen-bond donors (Lipinski definition) is 4. The number of aryl methyl sites for hydroxylation is 1. The highest BCUT2D eigenvalue weighted by molar-refractivity contribution is 7.94. The number of hydrogen-bond acceptors (Lipinski definition) is 8. The van der Waals surface area contributed by atoms with Crippen LogP contribution in [-0.4, -0.2) is 54.2 Å². The molecule has 3 rings (SSSR count). The first-order chi connectivity index (χ1) is 22.3. The summed E-state index contributed by atoms with van der Waals surface area (Å²) in [6, 6.07) is 18.0. The smallest absolute Gasteiger partial charge is 0.408 e. The summed E-state index contributed by atoms with van der Waals surface area (Å²) in [5, 5.41) is 19.7. The molecule has 0 heterocycles. The maximum atomic E-state index is 14.0. The van der Waals surface area contributed by atoms with Crippen LogP contribution in [0, 0.1) is 11.6 Å². The van der Waals surface area contributed by atoms with Gasteiger partial charge in [-0.1, -0.05) is 74.9 Å². The molecule has 46 heavy (non-hydrogen) atoms. The Kier molecular flexibility index (Phi) is 16.5. The number of alkyl carbamates (subject to hydrolysis) is 1. The largest absolute Gasteiger partial charge is 0.445 e. The van der Waals surface area contributed by atoms with Gasteiger partial charge in [0.1, 0.15) is 24.3 Å². The van der Waals surface area contributed by atoms with Gasteiger partial charge in [0.05, 0.1) is 24.5 Å². The molecule has 0 bridgehead atoms. The van der Waals surface area contributed by atoms with Crippen molar-refractivity contribution in [3.8, 4) is 0 Å². The second kappa shape index (κ2) is 20.5. The number of rotatable bonds is 20. The fraction of sp³-hybridized carbons (Fsp3) is 0.412. The summed E-state index contributed by atoms with van der Waals surface area (Å²) in [6.07, 6.45) is 0.509. The number of carbonyl (C=O) groups is 2. The average molecular weight is 660 g/mol. The average Bonchev–Trinajstić information content (AvgIpc) is 3.04. The van der Waals surface area contributed by atoms with E-state index in [0.29, 0.717) is 13.2 Å². The highest BCUT2D eigenvalue weighted by Gasteiger charge is 2.28. The molecule has 0 unspecified atom stereocenters. The van der Waals surface area contributed by atoms with E-state index in [4.69, 9.17) is 14.0 Å². The second-order valence-electron chi connectivity index (χ2n) is 10.8. The van der Waals surface area contributed by atoms with Gasteiger partial charge < -0.3 is 25.8 Å². The quantitative estimate of drug-likeness (QED) is 0.0552. The van der Waals surface area contributed by atoms with Crippen molar-refractivity contribution in [2.24, 2.45) is 0 Å². The van der Waals surface area contributed by atoms with Crippen LogP contribution in [0.4, 0.5) is 13.6 Å². The number of halogens is 2. The Bertz CT molecular complexity index is 1330. The zero-order valence-corrected chi connectivity index (χ0v) is 27.0. The summed E-state index contributed by atoms with van der Waals surface area (Å²) >= 11 is 0.827. The van der Waals surface area contributed by atoms with E-state index in [9.17, 15) is 23.5 Å². The Morgan fingerprint density at radius 1 is 0.891 bits per heavy atom. The SMILES string of the molecule is CCCCOOSC[C@@H](NC(=O)OCc1ccccc1)C(=O)N[C@@H](Cc1cc(F)cc(F)c1)[C@H](O)CNCc1cccc(CC)c1. The van der Waals surface area contributed by atoms with Gasteiger partial charge in [0.15, 0.2) is 0 Å². The van der Waals surface area contributed by atoms with E-state index >= 15 is 0 Å². The minimum absolute atomic E-state index is 0.00983. The number of aliphatic hydroxyl groups excluding tert-OH is 1. The van der Waals surface area contributed by atoms with Gasteiger partial charge in [0, 0.05) is 31.2 Å². The zero-order chi connectivity index (χ0) is 33.1. The van der Waals surface area contributed by atoms with Crippen LogP contribution in [-0.2, 0) is 44.7 Å². The molecule has 0 aliphatic heterocycles. The van der Waals surface area contributed by atoms with Gasteiger partial charge in [-0.2, -0.15) is 4.33 Å². The summed E-state index contributed by atoms with van der Waals surface area (Å²) in [5.41, 5.74) is 3.21. The maximum absolute atomic E-state index is 14.0. The lowest BCUT2D eigenvalue weighted by atomic mass is 10.00. The van der Waals surface area contributed by atoms with Crippen molar-refractivity contribution in [2.75, 3.05) is 18.9 Å². The van der Waals surface area contributed by atoms with Crippen LogP contribution in [0.25, 0.3) is 0 Å². The van der Waals surface area contributed by atoms with Crippen LogP contribution < -0.4 is 16.0 Å². The van der Waals surface area contributed by atoms with E-state index in [1.54, 1.807) is 12.1 Å². The number of benzene rings is 3. The van der Waals surface area contributed by atoms with Crippen molar-refractivity contribution in [3.05, 3.63) is 107 Å². The van der Waals surface area contributed by atoms with Crippen LogP contribution in [0.1, 0.15) is 48.9 Å². The summed E-state index contributed by atoms with van der Waals surface area (Å²) in [7, 11) is 0. The first-order valence-electron chi connectivity index (χ1n) is 15.4. The molecule has 12 heteroatoms. The van der Waals surface area contributed by atoms with Gasteiger partial charge in [0.25, 0.3) is 0 Å². The summed E-state index contributed by atoms with van der Waals surface area (Å²) in [6.45, 7) is 4.95. The van der Waals surface area contributed by atoms with Gasteiger partial charge in [-0.05, 0) is 53.6 Å². The fourth-order valence-electron chi connectivity index (χ4n) is 4.47. The number of carbonyl (C=O) groups excluding carboxylic acids is 2. The summed E-state index contributed by atoms with van der Waals surface area (Å²) < 4.78 is 38.5. The Morgan fingerprint density at radius 2 is 1.61 bits per heavy atom. The first kappa shape index (κ1) is 36.9. The van der Waals surface area contributed by atoms with E-state index in [1.165, 1.54) is 5.56 Å². The summed E-state index contributed by atoms with van der Waals surface area (Å²) in [5.74, 6) is -2.26. The first-order valence-corrected chi connectivity index (χ1v) is 16.3. The van der Waals surface area contributed by atoms with Crippen LogP contribution in [0.3, 0.4) is 0 Å². The number of ether oxygens (including phenoxy) is 1. The third-order valence-corrected chi connectivity index (χ3v) is 7.65. The highest BCUT2D eigenvalue weighted by atomic mass is 32.2. The molecule has 250 valence electrons. The molecule has 3 aromatic rings. The zero-order valence-electron chi connectivity index (χ0n) is 26.2. The van der Waals surface area contributed by atoms with Crippen molar-refractivity contribution in [3.63, 3.8) is 0 Å². The Labute approximate surface area is 273 Å². The fourth-order valence-corrected chi connectivity index (χ4v) is 5.03. The minimum Gasteiger partial charge on any atom is -0.445 e. The molecule has 9 nitrogen and oxygen atoms in total. The number of unbranched alkanes of at least 4 members (excludes halogenated alkanes) is 1. The standard InChI is InChI=1S/C34H43F2N3O6S/c1-3-5-14-44-45-46-23-31(39-34(42)43-22-25-10-7-6-8-11-25)33(41)38-30(18-27-16-28(35)19-29(36)17-27)32(40)21-37-20-26-13-9-12-24(4-2)15-26/h6-13,15-17,19,30-32,37,40H,3-5,14,18,20-23H2,1-2H3,(H,38,41)(H,39,42)/t30-,31+,32+/m0/s1. The molecule has 0 radical (unpaired) electrons. The van der Waals surface area contributed by atoms with E-state index in [-0.39, 0.29) is 30.9 Å². The lowest BCUT2D eigenvalue weighted by molar-refractivity contribution is -0.191. The molecular formula is C34H43F2N3O6S. The van der Waals surface area contributed by atoms with Crippen LogP contribution in [0.15, 0.2) is 72.8 Å². The van der Waals surface area contributed by atoms with Crippen molar-refractivity contribution in [1.29, 1.82) is 0 Å². The van der Waals surface area contributed by atoms with E-state index in [0.717, 1.165) is 60.6 Å². The molecule has 2 amide bonds. The number of aliphatic hydroxyl groups is 1. The van der Waals surface area contributed by atoms with E-state index < -0.39 is 41.8 Å². The van der Waals surface area contributed by atoms with Gasteiger partial charge >= 0.3 is 6.09 Å². The second-order valence-corrected chi connectivity index (χ2v) is 11.5. The normalized spacial score (nSPS) is 13.1. The molecule has 3 aromatic carbocycles. The monoisotopic (exact) mass is 659 g/mol. The van der Waals surface area contributed by atoms with Crippen molar-refractivity contribution in [2.45, 2.75) is 70.9 Å².